The maximum absolute atomic E-state index is 9.42. The van der Waals surface area contributed by atoms with Crippen LogP contribution >= 0.6 is 17.0 Å². The number of halogens is 1. The monoisotopic (exact) mass is 307 g/mol. The molecule has 0 aromatic heterocycles. The summed E-state index contributed by atoms with van der Waals surface area (Å²) in [5.41, 5.74) is 1.37. The second-order valence-electron chi connectivity index (χ2n) is 4.85. The van der Waals surface area contributed by atoms with Gasteiger partial charge in [-0.3, -0.25) is 4.90 Å². The molecule has 0 atom stereocenters. The number of phenols is 1. The van der Waals surface area contributed by atoms with Crippen LogP contribution in [0.3, 0.4) is 0 Å². The van der Waals surface area contributed by atoms with Crippen molar-refractivity contribution in [3.8, 4) is 5.75 Å². The molecule has 3 rings (SSSR count). The highest BCUT2D eigenvalue weighted by atomic mass is 79.9. The van der Waals surface area contributed by atoms with Crippen LogP contribution in [0.15, 0.2) is 36.4 Å². The molecule has 2 nitrogen and oxygen atoms in total. The van der Waals surface area contributed by atoms with Gasteiger partial charge in [0.25, 0.3) is 0 Å². The lowest BCUT2D eigenvalue weighted by molar-refractivity contribution is 0.331. The van der Waals surface area contributed by atoms with Gasteiger partial charge >= 0.3 is 0 Å². The molecule has 1 aliphatic heterocycles. The molecule has 0 radical (unpaired) electrons. The van der Waals surface area contributed by atoms with Crippen molar-refractivity contribution in [1.82, 2.24) is 4.90 Å². The molecule has 1 aliphatic rings. The normalized spacial score (nSPS) is 15.8. The van der Waals surface area contributed by atoms with Crippen molar-refractivity contribution >= 4 is 27.8 Å². The fourth-order valence-electron chi connectivity index (χ4n) is 2.58. The van der Waals surface area contributed by atoms with Crippen LogP contribution < -0.4 is 0 Å². The Morgan fingerprint density at radius 2 is 1.61 bits per heavy atom. The van der Waals surface area contributed by atoms with Gasteiger partial charge in [0.1, 0.15) is 5.75 Å². The number of nitrogens with zero attached hydrogens (tertiary/aromatic N) is 1. The van der Waals surface area contributed by atoms with Crippen molar-refractivity contribution < 1.29 is 5.11 Å². The van der Waals surface area contributed by atoms with E-state index in [2.05, 4.69) is 23.1 Å². The van der Waals surface area contributed by atoms with Crippen LogP contribution in [-0.4, -0.2) is 23.1 Å². The van der Waals surface area contributed by atoms with Gasteiger partial charge in [-0.25, -0.2) is 0 Å². The highest BCUT2D eigenvalue weighted by Gasteiger charge is 2.11. The van der Waals surface area contributed by atoms with Crippen molar-refractivity contribution in [2.45, 2.75) is 19.4 Å². The van der Waals surface area contributed by atoms with Gasteiger partial charge in [-0.2, -0.15) is 0 Å². The standard InChI is InChI=1S/C15H17NO.BrH/c17-15-6-5-13-9-12(3-4-14(13)10-15)11-16-7-1-2-8-16;/h3-6,9-10,17H,1-2,7-8,11H2;1H. The smallest absolute Gasteiger partial charge is 0.116 e. The highest BCUT2D eigenvalue weighted by Crippen LogP contribution is 2.22. The number of phenolic OH excluding ortho intramolecular Hbond substituents is 1. The largest absolute Gasteiger partial charge is 0.508 e. The van der Waals surface area contributed by atoms with Crippen molar-refractivity contribution in [1.29, 1.82) is 0 Å². The zero-order valence-electron chi connectivity index (χ0n) is 10.3. The topological polar surface area (TPSA) is 23.5 Å². The second kappa shape index (κ2) is 5.72. The molecule has 18 heavy (non-hydrogen) atoms. The number of hydrogen-bond acceptors (Lipinski definition) is 2. The molecule has 1 heterocycles. The van der Waals surface area contributed by atoms with Crippen molar-refractivity contribution in [3.05, 3.63) is 42.0 Å². The number of likely N-dealkylation sites (tertiary alicyclic amines) is 1. The van der Waals surface area contributed by atoms with Crippen LogP contribution in [0.5, 0.6) is 5.75 Å². The summed E-state index contributed by atoms with van der Waals surface area (Å²) in [6, 6.07) is 12.0. The first-order chi connectivity index (χ1) is 8.31. The van der Waals surface area contributed by atoms with E-state index in [1.54, 1.807) is 6.07 Å². The summed E-state index contributed by atoms with van der Waals surface area (Å²) in [5.74, 6) is 0.338. The molecule has 1 N–H and O–H groups in total. The van der Waals surface area contributed by atoms with E-state index in [0.717, 1.165) is 11.9 Å². The molecule has 1 saturated heterocycles. The third-order valence-electron chi connectivity index (χ3n) is 3.49. The van der Waals surface area contributed by atoms with Gasteiger partial charge in [0.05, 0.1) is 0 Å². The molecule has 0 bridgehead atoms. The molecule has 1 fully saturated rings. The van der Waals surface area contributed by atoms with E-state index >= 15 is 0 Å². The number of hydrogen-bond donors (Lipinski definition) is 1. The third kappa shape index (κ3) is 2.85. The van der Waals surface area contributed by atoms with E-state index < -0.39 is 0 Å². The average molecular weight is 308 g/mol. The fourth-order valence-corrected chi connectivity index (χ4v) is 2.58. The Morgan fingerprint density at radius 3 is 2.39 bits per heavy atom. The van der Waals surface area contributed by atoms with Gasteiger partial charge in [0.2, 0.25) is 0 Å². The Hall–Kier alpha value is -1.06. The van der Waals surface area contributed by atoms with Crippen LogP contribution in [-0.2, 0) is 6.54 Å². The molecule has 3 heteroatoms. The molecule has 2 aromatic carbocycles. The number of benzene rings is 2. The van der Waals surface area contributed by atoms with Crippen molar-refractivity contribution in [2.75, 3.05) is 13.1 Å². The lowest BCUT2D eigenvalue weighted by atomic mass is 10.1. The lowest BCUT2D eigenvalue weighted by Crippen LogP contribution is -2.18. The Balaban J connectivity index is 0.00000120. The third-order valence-corrected chi connectivity index (χ3v) is 3.49. The molecule has 0 spiro atoms. The lowest BCUT2D eigenvalue weighted by Gasteiger charge is -2.14. The van der Waals surface area contributed by atoms with Crippen LogP contribution in [0, 0.1) is 0 Å². The molecule has 0 aliphatic carbocycles. The number of fused-ring (bicyclic) bond motifs is 1. The Bertz CT molecular complexity index is 535. The van der Waals surface area contributed by atoms with Crippen LogP contribution in [0.25, 0.3) is 10.8 Å². The van der Waals surface area contributed by atoms with Crippen LogP contribution in [0.4, 0.5) is 0 Å². The molecule has 0 unspecified atom stereocenters. The van der Waals surface area contributed by atoms with Crippen molar-refractivity contribution in [2.24, 2.45) is 0 Å². The quantitative estimate of drug-likeness (QED) is 0.914. The molecule has 96 valence electrons. The first kappa shape index (κ1) is 13.4. The minimum absolute atomic E-state index is 0. The summed E-state index contributed by atoms with van der Waals surface area (Å²) in [6.07, 6.45) is 2.67. The maximum atomic E-state index is 9.42. The van der Waals surface area contributed by atoms with Gasteiger partial charge in [-0.1, -0.05) is 18.2 Å². The summed E-state index contributed by atoms with van der Waals surface area (Å²) < 4.78 is 0. The zero-order chi connectivity index (χ0) is 11.7. The second-order valence-corrected chi connectivity index (χ2v) is 4.85. The highest BCUT2D eigenvalue weighted by molar-refractivity contribution is 8.93. The van der Waals surface area contributed by atoms with Gasteiger partial charge in [-0.15, -0.1) is 17.0 Å². The van der Waals surface area contributed by atoms with E-state index in [1.165, 1.54) is 36.9 Å². The summed E-state index contributed by atoms with van der Waals surface area (Å²) in [5, 5.41) is 11.7. The Labute approximate surface area is 118 Å². The molecule has 0 amide bonds. The summed E-state index contributed by atoms with van der Waals surface area (Å²) >= 11 is 0. The van der Waals surface area contributed by atoms with E-state index in [9.17, 15) is 5.11 Å². The van der Waals surface area contributed by atoms with E-state index in [0.29, 0.717) is 5.75 Å². The number of rotatable bonds is 2. The molecule has 0 saturated carbocycles. The predicted molar refractivity (Wildman–Crippen MR) is 80.4 cm³/mol. The summed E-state index contributed by atoms with van der Waals surface area (Å²) in [7, 11) is 0. The first-order valence-corrected chi connectivity index (χ1v) is 6.25. The van der Waals surface area contributed by atoms with Crippen LogP contribution in [0.2, 0.25) is 0 Å². The van der Waals surface area contributed by atoms with E-state index in [-0.39, 0.29) is 17.0 Å². The van der Waals surface area contributed by atoms with E-state index in [1.807, 2.05) is 12.1 Å². The Morgan fingerprint density at radius 1 is 0.944 bits per heavy atom. The first-order valence-electron chi connectivity index (χ1n) is 6.25. The van der Waals surface area contributed by atoms with Gasteiger partial charge in [-0.05, 0) is 60.5 Å². The zero-order valence-corrected chi connectivity index (χ0v) is 12.0. The van der Waals surface area contributed by atoms with Gasteiger partial charge < -0.3 is 5.11 Å². The molecular formula is C15H18BrNO. The molecule has 2 aromatic rings. The number of aromatic hydroxyl groups is 1. The Kier molecular flexibility index (Phi) is 4.25. The summed E-state index contributed by atoms with van der Waals surface area (Å²) in [4.78, 5) is 2.50. The van der Waals surface area contributed by atoms with Crippen molar-refractivity contribution in [3.63, 3.8) is 0 Å². The summed E-state index contributed by atoms with van der Waals surface area (Å²) in [6.45, 7) is 3.51. The van der Waals surface area contributed by atoms with Crippen LogP contribution in [0.1, 0.15) is 18.4 Å². The van der Waals surface area contributed by atoms with Gasteiger partial charge in [0.15, 0.2) is 0 Å². The maximum Gasteiger partial charge on any atom is 0.116 e. The van der Waals surface area contributed by atoms with E-state index in [4.69, 9.17) is 0 Å². The molecular weight excluding hydrogens is 290 g/mol. The fraction of sp³-hybridized carbons (Fsp3) is 0.333. The SMILES string of the molecule is Br.Oc1ccc2cc(CN3CCCC3)ccc2c1. The average Bonchev–Trinajstić information content (AvgIpc) is 2.82. The minimum atomic E-state index is 0. The predicted octanol–water partition coefficient (Wildman–Crippen LogP) is 3.72. The van der Waals surface area contributed by atoms with Gasteiger partial charge in [0, 0.05) is 6.54 Å². The minimum Gasteiger partial charge on any atom is -0.508 e.